The van der Waals surface area contributed by atoms with E-state index < -0.39 is 0 Å². The van der Waals surface area contributed by atoms with Crippen molar-refractivity contribution in [3.8, 4) is 0 Å². The zero-order valence-electron chi connectivity index (χ0n) is 8.56. The highest BCUT2D eigenvalue weighted by atomic mass is 16.1. The molecule has 0 saturated carbocycles. The molecule has 5 heteroatoms. The Labute approximate surface area is 90.2 Å². The number of nitrogens with one attached hydrogen (secondary N) is 1. The summed E-state index contributed by atoms with van der Waals surface area (Å²) in [5.41, 5.74) is 2.59. The van der Waals surface area contributed by atoms with Gasteiger partial charge in [0.1, 0.15) is 5.69 Å². The lowest BCUT2D eigenvalue weighted by Crippen LogP contribution is -2.12. The summed E-state index contributed by atoms with van der Waals surface area (Å²) in [4.78, 5) is 26.8. The van der Waals surface area contributed by atoms with E-state index in [0.29, 0.717) is 17.0 Å². The van der Waals surface area contributed by atoms with Crippen molar-refractivity contribution in [2.45, 2.75) is 6.92 Å². The SMILES string of the molecule is Cc1nc2nc3ccccc3nc2[nH]c1=O. The van der Waals surface area contributed by atoms with Gasteiger partial charge in [-0.1, -0.05) is 12.1 Å². The molecule has 0 aliphatic rings. The second-order valence-corrected chi connectivity index (χ2v) is 3.54. The molecular formula is C11H8N4O. The highest BCUT2D eigenvalue weighted by molar-refractivity contribution is 5.82. The Bertz CT molecular complexity index is 748. The lowest BCUT2D eigenvalue weighted by molar-refractivity contribution is 1.08. The molecule has 16 heavy (non-hydrogen) atoms. The second-order valence-electron chi connectivity index (χ2n) is 3.54. The highest BCUT2D eigenvalue weighted by Gasteiger charge is 2.04. The lowest BCUT2D eigenvalue weighted by atomic mass is 10.3. The molecule has 0 radical (unpaired) electrons. The zero-order valence-corrected chi connectivity index (χ0v) is 8.56. The summed E-state index contributed by atoms with van der Waals surface area (Å²) in [6.07, 6.45) is 0. The first-order valence-electron chi connectivity index (χ1n) is 4.87. The number of fused-ring (bicyclic) bond motifs is 2. The van der Waals surface area contributed by atoms with Crippen LogP contribution in [0.2, 0.25) is 0 Å². The van der Waals surface area contributed by atoms with E-state index >= 15 is 0 Å². The fraction of sp³-hybridized carbons (Fsp3) is 0.0909. The molecule has 0 unspecified atom stereocenters. The molecule has 1 N–H and O–H groups in total. The number of H-pyrrole nitrogens is 1. The van der Waals surface area contributed by atoms with Crippen LogP contribution in [-0.2, 0) is 0 Å². The van der Waals surface area contributed by atoms with Gasteiger partial charge in [0.2, 0.25) is 0 Å². The van der Waals surface area contributed by atoms with Gasteiger partial charge >= 0.3 is 0 Å². The molecule has 0 amide bonds. The van der Waals surface area contributed by atoms with E-state index in [1.165, 1.54) is 0 Å². The molecule has 0 aliphatic carbocycles. The molecule has 1 aromatic carbocycles. The van der Waals surface area contributed by atoms with Crippen LogP contribution in [0.15, 0.2) is 29.1 Å². The summed E-state index contributed by atoms with van der Waals surface area (Å²) >= 11 is 0. The first-order chi connectivity index (χ1) is 7.74. The van der Waals surface area contributed by atoms with E-state index in [0.717, 1.165) is 11.0 Å². The lowest BCUT2D eigenvalue weighted by Gasteiger charge is -1.99. The average Bonchev–Trinajstić information content (AvgIpc) is 2.28. The van der Waals surface area contributed by atoms with Crippen LogP contribution in [0.3, 0.4) is 0 Å². The molecular weight excluding hydrogens is 204 g/mol. The predicted octanol–water partition coefficient (Wildman–Crippen LogP) is 1.17. The van der Waals surface area contributed by atoms with Crippen molar-refractivity contribution in [2.24, 2.45) is 0 Å². The Morgan fingerprint density at radius 3 is 2.50 bits per heavy atom. The van der Waals surface area contributed by atoms with Crippen molar-refractivity contribution in [3.63, 3.8) is 0 Å². The molecule has 0 aliphatic heterocycles. The zero-order chi connectivity index (χ0) is 11.1. The van der Waals surface area contributed by atoms with Crippen LogP contribution in [-0.4, -0.2) is 19.9 Å². The van der Waals surface area contributed by atoms with Crippen LogP contribution in [0.5, 0.6) is 0 Å². The second kappa shape index (κ2) is 3.10. The van der Waals surface area contributed by atoms with Gasteiger partial charge in [-0.2, -0.15) is 0 Å². The average molecular weight is 212 g/mol. The van der Waals surface area contributed by atoms with Gasteiger partial charge in [-0.15, -0.1) is 0 Å². The highest BCUT2D eigenvalue weighted by Crippen LogP contribution is 2.11. The van der Waals surface area contributed by atoms with E-state index in [-0.39, 0.29) is 5.56 Å². The van der Waals surface area contributed by atoms with E-state index in [2.05, 4.69) is 19.9 Å². The van der Waals surface area contributed by atoms with Crippen molar-refractivity contribution in [3.05, 3.63) is 40.3 Å². The molecule has 3 rings (SSSR count). The van der Waals surface area contributed by atoms with E-state index in [1.807, 2.05) is 24.3 Å². The molecule has 0 bridgehead atoms. The number of hydrogen-bond donors (Lipinski definition) is 1. The molecule has 0 spiro atoms. The smallest absolute Gasteiger partial charge is 0.271 e. The number of aryl methyl sites for hydroxylation is 1. The first-order valence-corrected chi connectivity index (χ1v) is 4.87. The van der Waals surface area contributed by atoms with Gasteiger partial charge in [-0.3, -0.25) is 4.79 Å². The van der Waals surface area contributed by atoms with Crippen molar-refractivity contribution >= 4 is 22.3 Å². The number of aromatic nitrogens is 4. The number of hydrogen-bond acceptors (Lipinski definition) is 4. The molecule has 2 heterocycles. The number of para-hydroxylation sites is 2. The van der Waals surface area contributed by atoms with Crippen LogP contribution >= 0.6 is 0 Å². The maximum Gasteiger partial charge on any atom is 0.271 e. The Hall–Kier alpha value is -2.30. The van der Waals surface area contributed by atoms with E-state index in [9.17, 15) is 4.79 Å². The minimum atomic E-state index is -0.225. The summed E-state index contributed by atoms with van der Waals surface area (Å²) < 4.78 is 0. The summed E-state index contributed by atoms with van der Waals surface area (Å²) in [7, 11) is 0. The molecule has 3 aromatic rings. The number of benzene rings is 1. The fourth-order valence-electron chi connectivity index (χ4n) is 1.56. The molecule has 2 aromatic heterocycles. The van der Waals surface area contributed by atoms with Crippen molar-refractivity contribution in [1.82, 2.24) is 19.9 Å². The first kappa shape index (κ1) is 8.96. The molecule has 5 nitrogen and oxygen atoms in total. The van der Waals surface area contributed by atoms with Gasteiger partial charge in [0.15, 0.2) is 11.3 Å². The standard InChI is InChI=1S/C11H8N4O/c1-6-11(16)15-10-9(12-6)13-7-4-2-3-5-8(7)14-10/h2-5H,1H3,(H,14,15,16). The molecule has 0 fully saturated rings. The summed E-state index contributed by atoms with van der Waals surface area (Å²) in [5, 5.41) is 0. The summed E-state index contributed by atoms with van der Waals surface area (Å²) in [6, 6.07) is 7.48. The van der Waals surface area contributed by atoms with Gasteiger partial charge in [0, 0.05) is 0 Å². The maximum atomic E-state index is 11.4. The van der Waals surface area contributed by atoms with Crippen molar-refractivity contribution < 1.29 is 0 Å². The van der Waals surface area contributed by atoms with Crippen LogP contribution in [0.4, 0.5) is 0 Å². The summed E-state index contributed by atoms with van der Waals surface area (Å²) in [6.45, 7) is 1.65. The van der Waals surface area contributed by atoms with Crippen LogP contribution in [0.1, 0.15) is 5.69 Å². The topological polar surface area (TPSA) is 71.5 Å². The normalized spacial score (nSPS) is 11.1. The Balaban J connectivity index is 2.51. The quantitative estimate of drug-likeness (QED) is 0.568. The summed E-state index contributed by atoms with van der Waals surface area (Å²) in [5.74, 6) is 0. The van der Waals surface area contributed by atoms with Crippen molar-refractivity contribution in [1.29, 1.82) is 0 Å². The minimum absolute atomic E-state index is 0.225. The number of nitrogens with zero attached hydrogens (tertiary/aromatic N) is 3. The van der Waals surface area contributed by atoms with Gasteiger partial charge in [0.05, 0.1) is 11.0 Å². The van der Waals surface area contributed by atoms with E-state index in [4.69, 9.17) is 0 Å². The van der Waals surface area contributed by atoms with Crippen LogP contribution in [0, 0.1) is 6.92 Å². The Kier molecular flexibility index (Phi) is 1.73. The van der Waals surface area contributed by atoms with Crippen molar-refractivity contribution in [2.75, 3.05) is 0 Å². The largest absolute Gasteiger partial charge is 0.302 e. The Morgan fingerprint density at radius 1 is 1.06 bits per heavy atom. The van der Waals surface area contributed by atoms with E-state index in [1.54, 1.807) is 6.92 Å². The fourth-order valence-corrected chi connectivity index (χ4v) is 1.56. The van der Waals surface area contributed by atoms with Gasteiger partial charge in [-0.25, -0.2) is 15.0 Å². The minimum Gasteiger partial charge on any atom is -0.302 e. The monoisotopic (exact) mass is 212 g/mol. The van der Waals surface area contributed by atoms with Gasteiger partial charge < -0.3 is 4.98 Å². The number of rotatable bonds is 0. The molecule has 78 valence electrons. The van der Waals surface area contributed by atoms with Gasteiger partial charge in [0.25, 0.3) is 5.56 Å². The van der Waals surface area contributed by atoms with Crippen LogP contribution in [0.25, 0.3) is 22.3 Å². The molecule has 0 atom stereocenters. The predicted molar refractivity (Wildman–Crippen MR) is 60.2 cm³/mol. The maximum absolute atomic E-state index is 11.4. The van der Waals surface area contributed by atoms with Gasteiger partial charge in [-0.05, 0) is 19.1 Å². The number of aromatic amines is 1. The molecule has 0 saturated heterocycles. The third kappa shape index (κ3) is 1.25. The van der Waals surface area contributed by atoms with Crippen LogP contribution < -0.4 is 5.56 Å². The third-order valence-electron chi connectivity index (χ3n) is 2.39. The third-order valence-corrected chi connectivity index (χ3v) is 2.39. The Morgan fingerprint density at radius 2 is 1.75 bits per heavy atom.